The topological polar surface area (TPSA) is 88.5 Å². The number of hydrogen-bond acceptors (Lipinski definition) is 6. The average molecular weight is 327 g/mol. The molecule has 0 aliphatic heterocycles. The second-order valence-electron chi connectivity index (χ2n) is 4.50. The van der Waals surface area contributed by atoms with Crippen molar-refractivity contribution in [2.45, 2.75) is 0 Å². The van der Waals surface area contributed by atoms with E-state index in [0.717, 1.165) is 22.8 Å². The first kappa shape index (κ1) is 14.9. The second kappa shape index (κ2) is 6.84. The Hall–Kier alpha value is -3.00. The van der Waals surface area contributed by atoms with Gasteiger partial charge in [0.05, 0.1) is 30.7 Å². The molecular formula is C15H13N5O2S. The lowest BCUT2D eigenvalue weighted by Gasteiger charge is -2.05. The number of carbonyl (C=O) groups is 1. The zero-order valence-corrected chi connectivity index (χ0v) is 13.0. The molecule has 0 spiro atoms. The number of urea groups is 1. The van der Waals surface area contributed by atoms with Gasteiger partial charge in [0.15, 0.2) is 0 Å². The fraction of sp³-hybridized carbons (Fsp3) is 0.0667. The van der Waals surface area contributed by atoms with E-state index in [-0.39, 0.29) is 0 Å². The van der Waals surface area contributed by atoms with Gasteiger partial charge >= 0.3 is 6.03 Å². The van der Waals surface area contributed by atoms with Gasteiger partial charge in [-0.1, -0.05) is 18.2 Å². The SMILES string of the molecule is COc1ccccc1C=NNC(=O)Nc1cccc2nsnc12. The molecule has 0 aliphatic rings. The van der Waals surface area contributed by atoms with E-state index in [1.165, 1.54) is 6.21 Å². The highest BCUT2D eigenvalue weighted by molar-refractivity contribution is 7.00. The number of nitrogens with one attached hydrogen (secondary N) is 2. The van der Waals surface area contributed by atoms with Crippen LogP contribution in [0.4, 0.5) is 10.5 Å². The molecule has 2 amide bonds. The van der Waals surface area contributed by atoms with Crippen molar-refractivity contribution in [1.29, 1.82) is 0 Å². The first-order valence-corrected chi connectivity index (χ1v) is 7.45. The van der Waals surface area contributed by atoms with E-state index in [1.54, 1.807) is 19.2 Å². The molecule has 7 nitrogen and oxygen atoms in total. The zero-order valence-electron chi connectivity index (χ0n) is 12.2. The summed E-state index contributed by atoms with van der Waals surface area (Å²) in [5, 5.41) is 6.61. The Balaban J connectivity index is 1.66. The van der Waals surface area contributed by atoms with Gasteiger partial charge in [-0.25, -0.2) is 10.2 Å². The molecule has 3 rings (SSSR count). The largest absolute Gasteiger partial charge is 0.496 e. The molecule has 1 aromatic heterocycles. The van der Waals surface area contributed by atoms with Crippen molar-refractivity contribution < 1.29 is 9.53 Å². The number of para-hydroxylation sites is 1. The number of fused-ring (bicyclic) bond motifs is 1. The lowest BCUT2D eigenvalue weighted by molar-refractivity contribution is 0.252. The molecule has 0 atom stereocenters. The molecule has 23 heavy (non-hydrogen) atoms. The van der Waals surface area contributed by atoms with Crippen LogP contribution >= 0.6 is 11.7 Å². The molecule has 8 heteroatoms. The van der Waals surface area contributed by atoms with E-state index in [2.05, 4.69) is 24.6 Å². The number of nitrogens with zero attached hydrogens (tertiary/aromatic N) is 3. The number of methoxy groups -OCH3 is 1. The first-order valence-electron chi connectivity index (χ1n) is 6.72. The summed E-state index contributed by atoms with van der Waals surface area (Å²) in [4.78, 5) is 11.9. The maximum Gasteiger partial charge on any atom is 0.339 e. The molecule has 1 heterocycles. The Bertz CT molecular complexity index is 862. The predicted molar refractivity (Wildman–Crippen MR) is 90.2 cm³/mol. The molecule has 0 aliphatic carbocycles. The molecule has 116 valence electrons. The molecule has 0 fully saturated rings. The minimum atomic E-state index is -0.461. The minimum absolute atomic E-state index is 0.461. The van der Waals surface area contributed by atoms with Crippen LogP contribution in [0.15, 0.2) is 47.6 Å². The lowest BCUT2D eigenvalue weighted by atomic mass is 10.2. The van der Waals surface area contributed by atoms with E-state index in [1.807, 2.05) is 30.3 Å². The van der Waals surface area contributed by atoms with Gasteiger partial charge in [-0.2, -0.15) is 13.8 Å². The van der Waals surface area contributed by atoms with Crippen molar-refractivity contribution in [3.63, 3.8) is 0 Å². The summed E-state index contributed by atoms with van der Waals surface area (Å²) in [6.45, 7) is 0. The summed E-state index contributed by atoms with van der Waals surface area (Å²) < 4.78 is 13.5. The van der Waals surface area contributed by atoms with Crippen molar-refractivity contribution in [2.24, 2.45) is 5.10 Å². The number of rotatable bonds is 4. The van der Waals surface area contributed by atoms with Crippen molar-refractivity contribution in [2.75, 3.05) is 12.4 Å². The molecule has 0 radical (unpaired) electrons. The van der Waals surface area contributed by atoms with Gasteiger partial charge in [-0.05, 0) is 24.3 Å². The van der Waals surface area contributed by atoms with Crippen molar-refractivity contribution in [3.8, 4) is 5.75 Å². The van der Waals surface area contributed by atoms with Gasteiger partial charge in [0.2, 0.25) is 0 Å². The van der Waals surface area contributed by atoms with Crippen LogP contribution in [0.25, 0.3) is 11.0 Å². The zero-order chi connectivity index (χ0) is 16.1. The Kier molecular flexibility index (Phi) is 4.44. The Morgan fingerprint density at radius 3 is 2.96 bits per heavy atom. The highest BCUT2D eigenvalue weighted by Gasteiger charge is 2.07. The number of anilines is 1. The third kappa shape index (κ3) is 3.43. The number of hydrazone groups is 1. The van der Waals surface area contributed by atoms with Gasteiger partial charge in [-0.15, -0.1) is 0 Å². The van der Waals surface area contributed by atoms with Gasteiger partial charge in [-0.3, -0.25) is 0 Å². The number of benzene rings is 2. The smallest absolute Gasteiger partial charge is 0.339 e. The molecule has 0 saturated heterocycles. The lowest BCUT2D eigenvalue weighted by Crippen LogP contribution is -2.24. The van der Waals surface area contributed by atoms with Gasteiger partial charge in [0.25, 0.3) is 0 Å². The summed E-state index contributed by atoms with van der Waals surface area (Å²) in [5.41, 5.74) is 5.15. The average Bonchev–Trinajstić information content (AvgIpc) is 3.05. The van der Waals surface area contributed by atoms with Gasteiger partial charge in [0.1, 0.15) is 16.8 Å². The molecule has 3 aromatic rings. The molecule has 0 bridgehead atoms. The quantitative estimate of drug-likeness (QED) is 0.569. The Morgan fingerprint density at radius 2 is 2.09 bits per heavy atom. The summed E-state index contributed by atoms with van der Waals surface area (Å²) in [7, 11) is 1.58. The maximum atomic E-state index is 11.9. The third-order valence-corrected chi connectivity index (χ3v) is 3.59. The molecule has 2 N–H and O–H groups in total. The summed E-state index contributed by atoms with van der Waals surface area (Å²) in [6.07, 6.45) is 1.52. The summed E-state index contributed by atoms with van der Waals surface area (Å²) in [6, 6.07) is 12.3. The van der Waals surface area contributed by atoms with E-state index in [9.17, 15) is 4.79 Å². The van der Waals surface area contributed by atoms with Crippen LogP contribution in [-0.4, -0.2) is 28.1 Å². The normalized spacial score (nSPS) is 10.8. The monoisotopic (exact) mass is 327 g/mol. The Morgan fingerprint density at radius 1 is 1.22 bits per heavy atom. The van der Waals surface area contributed by atoms with Crippen LogP contribution in [0.3, 0.4) is 0 Å². The number of amides is 2. The van der Waals surface area contributed by atoms with Crippen LogP contribution in [-0.2, 0) is 0 Å². The summed E-state index contributed by atoms with van der Waals surface area (Å²) in [5.74, 6) is 0.678. The molecular weight excluding hydrogens is 314 g/mol. The van der Waals surface area contributed by atoms with Crippen LogP contribution < -0.4 is 15.5 Å². The van der Waals surface area contributed by atoms with Crippen LogP contribution in [0, 0.1) is 0 Å². The summed E-state index contributed by atoms with van der Waals surface area (Å²) >= 11 is 1.10. The van der Waals surface area contributed by atoms with E-state index < -0.39 is 6.03 Å². The number of hydrogen-bond donors (Lipinski definition) is 2. The van der Waals surface area contributed by atoms with Crippen LogP contribution in [0.5, 0.6) is 5.75 Å². The predicted octanol–water partition coefficient (Wildman–Crippen LogP) is 2.86. The number of aromatic nitrogens is 2. The van der Waals surface area contributed by atoms with E-state index >= 15 is 0 Å². The molecule has 0 saturated carbocycles. The number of carbonyl (C=O) groups excluding carboxylic acids is 1. The van der Waals surface area contributed by atoms with Crippen molar-refractivity contribution in [1.82, 2.24) is 14.2 Å². The fourth-order valence-corrected chi connectivity index (χ4v) is 2.54. The molecule has 2 aromatic carbocycles. The van der Waals surface area contributed by atoms with Gasteiger partial charge < -0.3 is 10.1 Å². The van der Waals surface area contributed by atoms with E-state index in [0.29, 0.717) is 17.0 Å². The standard InChI is InChI=1S/C15H13N5O2S/c1-22-13-8-3-2-5-10(13)9-16-18-15(21)17-11-6-4-7-12-14(11)20-23-19-12/h2-9H,1H3,(H2,17,18,21). The third-order valence-electron chi connectivity index (χ3n) is 3.04. The van der Waals surface area contributed by atoms with Crippen molar-refractivity contribution in [3.05, 3.63) is 48.0 Å². The van der Waals surface area contributed by atoms with E-state index in [4.69, 9.17) is 4.74 Å². The first-order chi connectivity index (χ1) is 11.3. The van der Waals surface area contributed by atoms with Crippen molar-refractivity contribution >= 4 is 40.7 Å². The fourth-order valence-electron chi connectivity index (χ4n) is 1.99. The number of ether oxygens (including phenoxy) is 1. The second-order valence-corrected chi connectivity index (χ2v) is 5.03. The Labute approximate surface area is 136 Å². The van der Waals surface area contributed by atoms with Crippen LogP contribution in [0.1, 0.15) is 5.56 Å². The van der Waals surface area contributed by atoms with Gasteiger partial charge in [0, 0.05) is 5.56 Å². The highest BCUT2D eigenvalue weighted by Crippen LogP contribution is 2.20. The highest BCUT2D eigenvalue weighted by atomic mass is 32.1. The molecule has 0 unspecified atom stereocenters. The minimum Gasteiger partial charge on any atom is -0.496 e. The van der Waals surface area contributed by atoms with Crippen LogP contribution in [0.2, 0.25) is 0 Å². The maximum absolute atomic E-state index is 11.9.